The van der Waals surface area contributed by atoms with Crippen molar-refractivity contribution in [3.05, 3.63) is 71.8 Å². The van der Waals surface area contributed by atoms with Crippen LogP contribution in [0.25, 0.3) is 12.2 Å². The molecule has 152 valence electrons. The second kappa shape index (κ2) is 11.3. The van der Waals surface area contributed by atoms with Crippen LogP contribution in [0.15, 0.2) is 60.7 Å². The number of hydrogen-bond acceptors (Lipinski definition) is 7. The van der Waals surface area contributed by atoms with Crippen LogP contribution in [0.4, 0.5) is 0 Å². The number of aliphatic hydroxyl groups excluding tert-OH is 1. The zero-order chi connectivity index (χ0) is 21.1. The second-order valence-corrected chi connectivity index (χ2v) is 5.92. The Labute approximate surface area is 168 Å². The third-order valence-electron chi connectivity index (χ3n) is 3.66. The summed E-state index contributed by atoms with van der Waals surface area (Å²) in [5.74, 6) is -1.02. The zero-order valence-electron chi connectivity index (χ0n) is 15.9. The van der Waals surface area contributed by atoms with Crippen LogP contribution in [0, 0.1) is 0 Å². The molecule has 7 nitrogen and oxygen atoms in total. The maximum absolute atomic E-state index is 11.7. The Kier molecular flexibility index (Phi) is 8.47. The number of hydrogen-bond donors (Lipinski definition) is 2. The number of aromatic hydroxyl groups is 1. The predicted octanol–water partition coefficient (Wildman–Crippen LogP) is 2.57. The highest BCUT2D eigenvalue weighted by Crippen LogP contribution is 2.26. The molecule has 7 heteroatoms. The molecule has 0 aliphatic rings. The molecule has 0 saturated carbocycles. The molecule has 2 aromatic carbocycles. The van der Waals surface area contributed by atoms with E-state index in [1.165, 1.54) is 31.4 Å². The lowest BCUT2D eigenvalue weighted by molar-refractivity contribution is -0.146. The average Bonchev–Trinajstić information content (AvgIpc) is 2.74. The second-order valence-electron chi connectivity index (χ2n) is 5.92. The van der Waals surface area contributed by atoms with Gasteiger partial charge in [0, 0.05) is 12.2 Å². The maximum Gasteiger partial charge on any atom is 0.330 e. The Morgan fingerprint density at radius 3 is 2.10 bits per heavy atom. The largest absolute Gasteiger partial charge is 0.504 e. The van der Waals surface area contributed by atoms with E-state index < -0.39 is 18.0 Å². The monoisotopic (exact) mass is 398 g/mol. The van der Waals surface area contributed by atoms with Crippen LogP contribution in [-0.2, 0) is 19.1 Å². The first-order chi connectivity index (χ1) is 14.0. The van der Waals surface area contributed by atoms with Crippen molar-refractivity contribution in [1.29, 1.82) is 0 Å². The molecular formula is C22H22O7. The van der Waals surface area contributed by atoms with Crippen molar-refractivity contribution in [2.45, 2.75) is 6.10 Å². The van der Waals surface area contributed by atoms with E-state index >= 15 is 0 Å². The van der Waals surface area contributed by atoms with E-state index in [1.54, 1.807) is 18.2 Å². The smallest absolute Gasteiger partial charge is 0.330 e. The van der Waals surface area contributed by atoms with Crippen molar-refractivity contribution < 1.29 is 34.0 Å². The van der Waals surface area contributed by atoms with Crippen LogP contribution in [0.5, 0.6) is 11.5 Å². The predicted molar refractivity (Wildman–Crippen MR) is 107 cm³/mol. The van der Waals surface area contributed by atoms with Crippen molar-refractivity contribution in [2.75, 3.05) is 20.3 Å². The minimum absolute atomic E-state index is 0.0106. The van der Waals surface area contributed by atoms with Crippen molar-refractivity contribution in [3.63, 3.8) is 0 Å². The molecule has 2 rings (SSSR count). The zero-order valence-corrected chi connectivity index (χ0v) is 15.9. The quantitative estimate of drug-likeness (QED) is 0.494. The summed E-state index contributed by atoms with van der Waals surface area (Å²) in [5.41, 5.74) is 1.47. The maximum atomic E-state index is 11.7. The first kappa shape index (κ1) is 21.7. The normalized spacial score (nSPS) is 12.1. The first-order valence-corrected chi connectivity index (χ1v) is 8.77. The molecule has 1 atom stereocenters. The molecule has 0 aliphatic heterocycles. The van der Waals surface area contributed by atoms with Gasteiger partial charge in [-0.05, 0) is 35.4 Å². The third kappa shape index (κ3) is 7.90. The minimum Gasteiger partial charge on any atom is -0.504 e. The van der Waals surface area contributed by atoms with E-state index in [1.807, 2.05) is 30.3 Å². The fraction of sp³-hybridized carbons (Fsp3) is 0.182. The van der Waals surface area contributed by atoms with Gasteiger partial charge < -0.3 is 24.4 Å². The van der Waals surface area contributed by atoms with Crippen LogP contribution < -0.4 is 4.74 Å². The molecule has 0 spiro atoms. The SMILES string of the molecule is COc1cc(/C=C/C(=O)OCC(O)COC(=O)/C=C/c2ccccc2)ccc1O. The van der Waals surface area contributed by atoms with Crippen LogP contribution in [0.2, 0.25) is 0 Å². The Bertz CT molecular complexity index is 872. The van der Waals surface area contributed by atoms with Gasteiger partial charge >= 0.3 is 11.9 Å². The van der Waals surface area contributed by atoms with Crippen molar-refractivity contribution >= 4 is 24.1 Å². The number of methoxy groups -OCH3 is 1. The number of aliphatic hydroxyl groups is 1. The summed E-state index contributed by atoms with van der Waals surface area (Å²) in [7, 11) is 1.42. The molecule has 0 amide bonds. The number of esters is 2. The highest BCUT2D eigenvalue weighted by molar-refractivity contribution is 5.87. The molecule has 1 unspecified atom stereocenters. The van der Waals surface area contributed by atoms with Gasteiger partial charge in [-0.1, -0.05) is 36.4 Å². The van der Waals surface area contributed by atoms with Gasteiger partial charge in [-0.3, -0.25) is 0 Å². The summed E-state index contributed by atoms with van der Waals surface area (Å²) in [6.07, 6.45) is 4.36. The van der Waals surface area contributed by atoms with Gasteiger partial charge in [-0.25, -0.2) is 9.59 Å². The van der Waals surface area contributed by atoms with Crippen LogP contribution in [0.3, 0.4) is 0 Å². The number of carbonyl (C=O) groups excluding carboxylic acids is 2. The highest BCUT2D eigenvalue weighted by Gasteiger charge is 2.10. The van der Waals surface area contributed by atoms with Gasteiger partial charge in [0.1, 0.15) is 19.3 Å². The lowest BCUT2D eigenvalue weighted by Gasteiger charge is -2.10. The summed E-state index contributed by atoms with van der Waals surface area (Å²) in [5, 5.41) is 19.3. The Morgan fingerprint density at radius 2 is 1.52 bits per heavy atom. The van der Waals surface area contributed by atoms with E-state index in [9.17, 15) is 19.8 Å². The van der Waals surface area contributed by atoms with Gasteiger partial charge in [0.05, 0.1) is 7.11 Å². The fourth-order valence-electron chi connectivity index (χ4n) is 2.19. The summed E-state index contributed by atoms with van der Waals surface area (Å²) < 4.78 is 14.8. The Balaban J connectivity index is 1.71. The fourth-order valence-corrected chi connectivity index (χ4v) is 2.19. The van der Waals surface area contributed by atoms with Crippen LogP contribution >= 0.6 is 0 Å². The number of benzene rings is 2. The van der Waals surface area contributed by atoms with E-state index in [0.717, 1.165) is 5.56 Å². The number of ether oxygens (including phenoxy) is 3. The topological polar surface area (TPSA) is 102 Å². The number of phenolic OH excluding ortho intramolecular Hbond substituents is 1. The minimum atomic E-state index is -1.14. The Morgan fingerprint density at radius 1 is 0.931 bits per heavy atom. The molecule has 2 aromatic rings. The Hall–Kier alpha value is -3.58. The summed E-state index contributed by atoms with van der Waals surface area (Å²) in [4.78, 5) is 23.3. The van der Waals surface area contributed by atoms with Gasteiger partial charge in [-0.2, -0.15) is 0 Å². The van der Waals surface area contributed by atoms with E-state index in [4.69, 9.17) is 14.2 Å². The number of carbonyl (C=O) groups is 2. The summed E-state index contributed by atoms with van der Waals surface area (Å²) in [6.45, 7) is -0.623. The summed E-state index contributed by atoms with van der Waals surface area (Å²) in [6, 6.07) is 13.8. The van der Waals surface area contributed by atoms with E-state index in [0.29, 0.717) is 5.56 Å². The third-order valence-corrected chi connectivity index (χ3v) is 3.66. The van der Waals surface area contributed by atoms with Crippen molar-refractivity contribution in [3.8, 4) is 11.5 Å². The van der Waals surface area contributed by atoms with Gasteiger partial charge in [0.2, 0.25) is 0 Å². The number of rotatable bonds is 9. The average molecular weight is 398 g/mol. The summed E-state index contributed by atoms with van der Waals surface area (Å²) >= 11 is 0. The first-order valence-electron chi connectivity index (χ1n) is 8.77. The molecule has 0 radical (unpaired) electrons. The van der Waals surface area contributed by atoms with Crippen LogP contribution in [0.1, 0.15) is 11.1 Å². The molecule has 0 fully saturated rings. The standard InChI is InChI=1S/C22H22O7/c1-27-20-13-17(7-10-19(20)24)9-12-22(26)29-15-18(23)14-28-21(25)11-8-16-5-3-2-4-6-16/h2-13,18,23-24H,14-15H2,1H3/b11-8+,12-9+. The molecule has 0 bridgehead atoms. The van der Waals surface area contributed by atoms with Gasteiger partial charge in [-0.15, -0.1) is 0 Å². The van der Waals surface area contributed by atoms with Gasteiger partial charge in [0.25, 0.3) is 0 Å². The molecular weight excluding hydrogens is 376 g/mol. The number of phenols is 1. The van der Waals surface area contributed by atoms with E-state index in [2.05, 4.69) is 0 Å². The van der Waals surface area contributed by atoms with Gasteiger partial charge in [0.15, 0.2) is 11.5 Å². The van der Waals surface area contributed by atoms with Crippen LogP contribution in [-0.4, -0.2) is 48.6 Å². The van der Waals surface area contributed by atoms with Crippen molar-refractivity contribution in [2.24, 2.45) is 0 Å². The molecule has 0 aliphatic carbocycles. The molecule has 0 heterocycles. The molecule has 0 saturated heterocycles. The molecule has 2 N–H and O–H groups in total. The lowest BCUT2D eigenvalue weighted by Crippen LogP contribution is -2.24. The lowest BCUT2D eigenvalue weighted by atomic mass is 10.2. The molecule has 0 aromatic heterocycles. The molecule has 29 heavy (non-hydrogen) atoms. The van der Waals surface area contributed by atoms with Crippen molar-refractivity contribution in [1.82, 2.24) is 0 Å². The highest BCUT2D eigenvalue weighted by atomic mass is 16.6. The van der Waals surface area contributed by atoms with E-state index in [-0.39, 0.29) is 24.7 Å².